The zero-order valence-corrected chi connectivity index (χ0v) is 16.7. The molecule has 0 aliphatic rings. The molecule has 0 amide bonds. The Morgan fingerprint density at radius 1 is 0.852 bits per heavy atom. The van der Waals surface area contributed by atoms with Gasteiger partial charge >= 0.3 is 5.97 Å². The monoisotopic (exact) mass is 368 g/mol. The van der Waals surface area contributed by atoms with Crippen LogP contribution < -0.4 is 9.47 Å². The summed E-state index contributed by atoms with van der Waals surface area (Å²) in [5, 5.41) is 0. The maximum Gasteiger partial charge on any atom is 0.314 e. The number of carbonyl (C=O) groups is 1. The third-order valence-corrected chi connectivity index (χ3v) is 4.68. The van der Waals surface area contributed by atoms with Crippen molar-refractivity contribution in [3.8, 4) is 11.5 Å². The molecule has 0 radical (unpaired) electrons. The molecule has 2 rings (SSSR count). The highest BCUT2D eigenvalue weighted by molar-refractivity contribution is 5.74. The second-order valence-corrected chi connectivity index (χ2v) is 7.12. The molecule has 3 heteroatoms. The van der Waals surface area contributed by atoms with Gasteiger partial charge in [0.2, 0.25) is 0 Å². The van der Waals surface area contributed by atoms with Crippen LogP contribution in [0.4, 0.5) is 0 Å². The van der Waals surface area contributed by atoms with E-state index in [1.54, 1.807) is 12.1 Å². The van der Waals surface area contributed by atoms with E-state index in [9.17, 15) is 4.79 Å². The first-order valence-corrected chi connectivity index (χ1v) is 10.2. The van der Waals surface area contributed by atoms with Crippen LogP contribution in [0.5, 0.6) is 11.5 Å². The topological polar surface area (TPSA) is 35.5 Å². The molecule has 0 bridgehead atoms. The van der Waals surface area contributed by atoms with E-state index < -0.39 is 0 Å². The molecule has 2 aromatic carbocycles. The molecule has 0 aliphatic heterocycles. The van der Waals surface area contributed by atoms with Crippen molar-refractivity contribution in [1.29, 1.82) is 0 Å². The molecule has 27 heavy (non-hydrogen) atoms. The van der Waals surface area contributed by atoms with E-state index in [0.717, 1.165) is 24.2 Å². The zero-order valence-electron chi connectivity index (χ0n) is 16.7. The van der Waals surface area contributed by atoms with Crippen molar-refractivity contribution in [1.82, 2.24) is 0 Å². The number of benzene rings is 2. The first-order chi connectivity index (χ1) is 13.2. The minimum atomic E-state index is -0.151. The highest BCUT2D eigenvalue weighted by Crippen LogP contribution is 2.21. The van der Waals surface area contributed by atoms with Crippen molar-refractivity contribution in [2.24, 2.45) is 5.92 Å². The Morgan fingerprint density at radius 2 is 1.48 bits per heavy atom. The fourth-order valence-corrected chi connectivity index (χ4v) is 2.91. The largest absolute Gasteiger partial charge is 0.489 e. The van der Waals surface area contributed by atoms with Gasteiger partial charge in [-0.25, -0.2) is 0 Å². The van der Waals surface area contributed by atoms with Crippen molar-refractivity contribution in [2.75, 3.05) is 0 Å². The number of ether oxygens (including phenoxy) is 2. The van der Waals surface area contributed by atoms with Crippen LogP contribution in [0.25, 0.3) is 0 Å². The van der Waals surface area contributed by atoms with Crippen LogP contribution in [0.3, 0.4) is 0 Å². The third kappa shape index (κ3) is 8.29. The standard InChI is InChI=1S/C24H32O3/c1-3-4-5-6-7-9-12-20(2)24(25)27-23-17-15-22(16-18-23)26-19-21-13-10-8-11-14-21/h8,10-11,13-18,20H,3-7,9,12,19H2,1-2H3/t20-/m0/s1. The Labute approximate surface area is 163 Å². The normalized spacial score (nSPS) is 11.8. The van der Waals surface area contributed by atoms with Crippen LogP contribution in [0, 0.1) is 5.92 Å². The quantitative estimate of drug-likeness (QED) is 0.242. The van der Waals surface area contributed by atoms with E-state index in [-0.39, 0.29) is 11.9 Å². The minimum absolute atomic E-state index is 0.0646. The summed E-state index contributed by atoms with van der Waals surface area (Å²) in [6, 6.07) is 17.3. The van der Waals surface area contributed by atoms with Crippen LogP contribution in [0.15, 0.2) is 54.6 Å². The molecular weight excluding hydrogens is 336 g/mol. The smallest absolute Gasteiger partial charge is 0.314 e. The summed E-state index contributed by atoms with van der Waals surface area (Å²) in [6.07, 6.45) is 8.32. The van der Waals surface area contributed by atoms with Crippen LogP contribution >= 0.6 is 0 Å². The molecule has 0 N–H and O–H groups in total. The summed E-state index contributed by atoms with van der Waals surface area (Å²) < 4.78 is 11.2. The molecule has 146 valence electrons. The molecule has 0 unspecified atom stereocenters. The zero-order chi connectivity index (χ0) is 19.3. The van der Waals surface area contributed by atoms with Crippen LogP contribution in [0.2, 0.25) is 0 Å². The van der Waals surface area contributed by atoms with Gasteiger partial charge in [-0.1, -0.05) is 82.7 Å². The Morgan fingerprint density at radius 3 is 2.19 bits per heavy atom. The van der Waals surface area contributed by atoms with Gasteiger partial charge in [0.1, 0.15) is 18.1 Å². The van der Waals surface area contributed by atoms with E-state index in [1.165, 1.54) is 32.1 Å². The fraction of sp³-hybridized carbons (Fsp3) is 0.458. The molecule has 1 atom stereocenters. The van der Waals surface area contributed by atoms with Gasteiger partial charge in [0.25, 0.3) is 0 Å². The molecular formula is C24H32O3. The molecule has 3 nitrogen and oxygen atoms in total. The SMILES string of the molecule is CCCCCCCC[C@H](C)C(=O)Oc1ccc(OCc2ccccc2)cc1. The summed E-state index contributed by atoms with van der Waals surface area (Å²) in [5.41, 5.74) is 1.12. The molecule has 0 saturated carbocycles. The van der Waals surface area contributed by atoms with Crippen molar-refractivity contribution >= 4 is 5.97 Å². The fourth-order valence-electron chi connectivity index (χ4n) is 2.91. The van der Waals surface area contributed by atoms with Gasteiger partial charge in [-0.05, 0) is 36.2 Å². The molecule has 0 heterocycles. The number of carbonyl (C=O) groups excluding carboxylic acids is 1. The molecule has 0 aromatic heterocycles. The Bertz CT molecular complexity index is 649. The minimum Gasteiger partial charge on any atom is -0.489 e. The van der Waals surface area contributed by atoms with Crippen LogP contribution in [-0.4, -0.2) is 5.97 Å². The Balaban J connectivity index is 1.69. The van der Waals surface area contributed by atoms with Gasteiger partial charge in [-0.15, -0.1) is 0 Å². The highest BCUT2D eigenvalue weighted by atomic mass is 16.5. The van der Waals surface area contributed by atoms with Crippen molar-refractivity contribution in [2.45, 2.75) is 65.4 Å². The Hall–Kier alpha value is -2.29. The predicted molar refractivity (Wildman–Crippen MR) is 110 cm³/mol. The summed E-state index contributed by atoms with van der Waals surface area (Å²) in [5.74, 6) is 1.12. The number of unbranched alkanes of at least 4 members (excludes halogenated alkanes) is 5. The van der Waals surface area contributed by atoms with Crippen molar-refractivity contribution < 1.29 is 14.3 Å². The number of hydrogen-bond acceptors (Lipinski definition) is 3. The number of hydrogen-bond donors (Lipinski definition) is 0. The Kier molecular flexibility index (Phi) is 9.47. The summed E-state index contributed by atoms with van der Waals surface area (Å²) in [6.45, 7) is 4.70. The van der Waals surface area contributed by atoms with E-state index in [1.807, 2.05) is 49.4 Å². The highest BCUT2D eigenvalue weighted by Gasteiger charge is 2.15. The van der Waals surface area contributed by atoms with E-state index >= 15 is 0 Å². The van der Waals surface area contributed by atoms with Gasteiger partial charge < -0.3 is 9.47 Å². The summed E-state index contributed by atoms with van der Waals surface area (Å²) in [7, 11) is 0. The molecule has 0 aliphatic carbocycles. The first-order valence-electron chi connectivity index (χ1n) is 10.2. The van der Waals surface area contributed by atoms with E-state index in [4.69, 9.17) is 9.47 Å². The van der Waals surface area contributed by atoms with Gasteiger partial charge in [0.05, 0.1) is 5.92 Å². The average Bonchev–Trinajstić information content (AvgIpc) is 2.70. The van der Waals surface area contributed by atoms with Crippen molar-refractivity contribution in [3.05, 3.63) is 60.2 Å². The number of esters is 1. The first kappa shape index (κ1) is 21.0. The summed E-state index contributed by atoms with van der Waals surface area (Å²) in [4.78, 5) is 12.2. The van der Waals surface area contributed by atoms with Gasteiger partial charge in [0.15, 0.2) is 0 Å². The number of rotatable bonds is 12. The lowest BCUT2D eigenvalue weighted by Gasteiger charge is -2.12. The maximum atomic E-state index is 12.2. The molecule has 0 fully saturated rings. The lowest BCUT2D eigenvalue weighted by Crippen LogP contribution is -2.17. The predicted octanol–water partition coefficient (Wildman–Crippen LogP) is 6.56. The lowest BCUT2D eigenvalue weighted by molar-refractivity contribution is -0.138. The molecule has 0 spiro atoms. The third-order valence-electron chi connectivity index (χ3n) is 4.68. The average molecular weight is 369 g/mol. The van der Waals surface area contributed by atoms with Gasteiger partial charge in [-0.3, -0.25) is 4.79 Å². The molecule has 0 saturated heterocycles. The van der Waals surface area contributed by atoms with Gasteiger partial charge in [-0.2, -0.15) is 0 Å². The maximum absolute atomic E-state index is 12.2. The molecule has 2 aromatic rings. The second kappa shape index (κ2) is 12.2. The summed E-state index contributed by atoms with van der Waals surface area (Å²) >= 11 is 0. The van der Waals surface area contributed by atoms with E-state index in [0.29, 0.717) is 12.4 Å². The van der Waals surface area contributed by atoms with E-state index in [2.05, 4.69) is 6.92 Å². The van der Waals surface area contributed by atoms with Crippen molar-refractivity contribution in [3.63, 3.8) is 0 Å². The lowest BCUT2D eigenvalue weighted by atomic mass is 10.0. The van der Waals surface area contributed by atoms with Crippen LogP contribution in [0.1, 0.15) is 64.4 Å². The second-order valence-electron chi connectivity index (χ2n) is 7.12. The van der Waals surface area contributed by atoms with Gasteiger partial charge in [0, 0.05) is 0 Å². The van der Waals surface area contributed by atoms with Crippen LogP contribution in [-0.2, 0) is 11.4 Å².